The highest BCUT2D eigenvalue weighted by Gasteiger charge is 2.30. The molecule has 9 heteroatoms. The summed E-state index contributed by atoms with van der Waals surface area (Å²) in [5, 5.41) is 5.91. The molecule has 1 saturated carbocycles. The van der Waals surface area contributed by atoms with Crippen LogP contribution < -0.4 is 5.73 Å². The van der Waals surface area contributed by atoms with Crippen molar-refractivity contribution in [2.24, 2.45) is 0 Å². The molecule has 0 unspecified atom stereocenters. The van der Waals surface area contributed by atoms with E-state index in [1.54, 1.807) is 0 Å². The third-order valence-corrected chi connectivity index (χ3v) is 8.00. The number of anilines is 1. The normalized spacial score (nSPS) is 20.8. The minimum Gasteiger partial charge on any atom is -0.440 e. The standard InChI is InChI=1S/C29H31N7O2/c30-28-26-27(20-6-11-24-23(17-20)33-25(38-24)16-19-4-2-1-3-5-19)34-36(29(26)32-18-31-28)22-9-7-21(8-10-22)35-12-14-37-15-13-35/h1-6,11,17-18,21-22H,7-10,12-16H2,(H2,30,31,32)/t21-,22-. The van der Waals surface area contributed by atoms with Crippen LogP contribution in [0.2, 0.25) is 0 Å². The van der Waals surface area contributed by atoms with Crippen LogP contribution in [0.1, 0.15) is 43.2 Å². The van der Waals surface area contributed by atoms with E-state index in [0.717, 1.165) is 90.9 Å². The molecule has 5 aromatic rings. The molecule has 0 spiro atoms. The van der Waals surface area contributed by atoms with Crippen molar-refractivity contribution in [1.82, 2.24) is 29.6 Å². The molecule has 2 aliphatic rings. The maximum absolute atomic E-state index is 6.40. The van der Waals surface area contributed by atoms with Gasteiger partial charge in [0.25, 0.3) is 0 Å². The molecule has 3 aromatic heterocycles. The van der Waals surface area contributed by atoms with Gasteiger partial charge in [-0.15, -0.1) is 0 Å². The van der Waals surface area contributed by atoms with Gasteiger partial charge >= 0.3 is 0 Å². The molecule has 2 fully saturated rings. The summed E-state index contributed by atoms with van der Waals surface area (Å²) >= 11 is 0. The van der Waals surface area contributed by atoms with Crippen molar-refractivity contribution >= 4 is 28.0 Å². The van der Waals surface area contributed by atoms with E-state index in [1.165, 1.54) is 6.33 Å². The van der Waals surface area contributed by atoms with Crippen LogP contribution in [0.25, 0.3) is 33.4 Å². The van der Waals surface area contributed by atoms with Gasteiger partial charge in [0, 0.05) is 31.1 Å². The number of nitrogens with zero attached hydrogens (tertiary/aromatic N) is 6. The number of nitrogen functional groups attached to an aromatic ring is 1. The van der Waals surface area contributed by atoms with E-state index >= 15 is 0 Å². The molecule has 0 radical (unpaired) electrons. The molecule has 9 nitrogen and oxygen atoms in total. The summed E-state index contributed by atoms with van der Waals surface area (Å²) in [6, 6.07) is 17.1. The molecule has 194 valence electrons. The highest BCUT2D eigenvalue weighted by Crippen LogP contribution is 2.37. The fourth-order valence-corrected chi connectivity index (χ4v) is 6.03. The summed E-state index contributed by atoms with van der Waals surface area (Å²) in [7, 11) is 0. The van der Waals surface area contributed by atoms with Crippen molar-refractivity contribution in [1.29, 1.82) is 0 Å². The number of aromatic nitrogens is 5. The Hall–Kier alpha value is -3.82. The van der Waals surface area contributed by atoms with Crippen molar-refractivity contribution in [3.63, 3.8) is 0 Å². The summed E-state index contributed by atoms with van der Waals surface area (Å²) in [4.78, 5) is 16.3. The Balaban J connectivity index is 1.19. The zero-order valence-corrected chi connectivity index (χ0v) is 21.3. The molecule has 0 atom stereocenters. The van der Waals surface area contributed by atoms with Crippen LogP contribution in [0, 0.1) is 0 Å². The monoisotopic (exact) mass is 509 g/mol. The summed E-state index contributed by atoms with van der Waals surface area (Å²) in [5.74, 6) is 1.14. The van der Waals surface area contributed by atoms with E-state index in [4.69, 9.17) is 25.0 Å². The van der Waals surface area contributed by atoms with Gasteiger partial charge in [0.05, 0.1) is 24.6 Å². The van der Waals surface area contributed by atoms with Crippen LogP contribution in [0.4, 0.5) is 5.82 Å². The minimum absolute atomic E-state index is 0.283. The van der Waals surface area contributed by atoms with Crippen molar-refractivity contribution < 1.29 is 9.15 Å². The third kappa shape index (κ3) is 4.31. The Bertz CT molecular complexity index is 1560. The fourth-order valence-electron chi connectivity index (χ4n) is 6.03. The summed E-state index contributed by atoms with van der Waals surface area (Å²) < 4.78 is 13.7. The number of nitrogens with two attached hydrogens (primary N) is 1. The third-order valence-electron chi connectivity index (χ3n) is 8.00. The number of fused-ring (bicyclic) bond motifs is 2. The average Bonchev–Trinajstić information content (AvgIpc) is 3.56. The first-order valence-corrected chi connectivity index (χ1v) is 13.5. The van der Waals surface area contributed by atoms with Crippen molar-refractivity contribution in [2.45, 2.75) is 44.2 Å². The zero-order valence-electron chi connectivity index (χ0n) is 21.3. The van der Waals surface area contributed by atoms with E-state index in [9.17, 15) is 0 Å². The summed E-state index contributed by atoms with van der Waals surface area (Å²) in [6.07, 6.45) is 6.61. The Morgan fingerprint density at radius 3 is 2.53 bits per heavy atom. The van der Waals surface area contributed by atoms with Gasteiger partial charge in [-0.1, -0.05) is 30.3 Å². The maximum atomic E-state index is 6.40. The van der Waals surface area contributed by atoms with Crippen molar-refractivity contribution in [2.75, 3.05) is 32.0 Å². The van der Waals surface area contributed by atoms with Crippen molar-refractivity contribution in [3.05, 3.63) is 66.3 Å². The predicted molar refractivity (Wildman–Crippen MR) is 146 cm³/mol. The number of hydrogen-bond donors (Lipinski definition) is 1. The van der Waals surface area contributed by atoms with Crippen LogP contribution >= 0.6 is 0 Å². The summed E-state index contributed by atoms with van der Waals surface area (Å²) in [5.41, 5.74) is 11.7. The maximum Gasteiger partial charge on any atom is 0.199 e. The van der Waals surface area contributed by atoms with E-state index < -0.39 is 0 Å². The topological polar surface area (TPSA) is 108 Å². The van der Waals surface area contributed by atoms with Crippen molar-refractivity contribution in [3.8, 4) is 11.3 Å². The van der Waals surface area contributed by atoms with Crippen LogP contribution in [-0.4, -0.2) is 62.0 Å². The molecule has 1 aliphatic heterocycles. The number of rotatable bonds is 5. The average molecular weight is 510 g/mol. The fraction of sp³-hybridized carbons (Fsp3) is 0.379. The quantitative estimate of drug-likeness (QED) is 0.366. The SMILES string of the molecule is Nc1ncnc2c1c(-c1ccc3oc(Cc4ccccc4)nc3c1)nn2[C@H]1CC[C@H](N2CCOCC2)CC1. The highest BCUT2D eigenvalue weighted by molar-refractivity contribution is 5.99. The molecule has 2 N–H and O–H groups in total. The van der Waals surface area contributed by atoms with E-state index in [0.29, 0.717) is 24.2 Å². The Morgan fingerprint density at radius 2 is 1.71 bits per heavy atom. The van der Waals surface area contributed by atoms with Crippen LogP contribution in [0.3, 0.4) is 0 Å². The van der Waals surface area contributed by atoms with Gasteiger partial charge in [-0.05, 0) is 49.4 Å². The molecule has 4 heterocycles. The van der Waals surface area contributed by atoms with Crippen LogP contribution in [-0.2, 0) is 11.2 Å². The van der Waals surface area contributed by atoms with E-state index in [-0.39, 0.29) is 6.04 Å². The minimum atomic E-state index is 0.283. The van der Waals surface area contributed by atoms with Gasteiger partial charge < -0.3 is 14.9 Å². The van der Waals surface area contributed by atoms with Gasteiger partial charge in [0.1, 0.15) is 23.4 Å². The second kappa shape index (κ2) is 9.81. The molecular formula is C29H31N7O2. The summed E-state index contributed by atoms with van der Waals surface area (Å²) in [6.45, 7) is 3.75. The molecule has 0 amide bonds. The lowest BCUT2D eigenvalue weighted by Crippen LogP contribution is -2.45. The molecule has 38 heavy (non-hydrogen) atoms. The first-order chi connectivity index (χ1) is 18.7. The first kappa shape index (κ1) is 23.3. The lowest BCUT2D eigenvalue weighted by Gasteiger charge is -2.38. The van der Waals surface area contributed by atoms with Gasteiger partial charge in [-0.2, -0.15) is 5.10 Å². The Morgan fingerprint density at radius 1 is 0.921 bits per heavy atom. The number of morpholine rings is 1. The number of oxazole rings is 1. The highest BCUT2D eigenvalue weighted by atomic mass is 16.5. The van der Waals surface area contributed by atoms with Crippen LogP contribution in [0.5, 0.6) is 0 Å². The number of hydrogen-bond acceptors (Lipinski definition) is 8. The molecule has 1 saturated heterocycles. The number of benzene rings is 2. The zero-order chi connectivity index (χ0) is 25.5. The smallest absolute Gasteiger partial charge is 0.199 e. The molecule has 0 bridgehead atoms. The van der Waals surface area contributed by atoms with Gasteiger partial charge in [0.15, 0.2) is 17.1 Å². The van der Waals surface area contributed by atoms with E-state index in [1.807, 2.05) is 36.4 Å². The Kier molecular flexibility index (Phi) is 6.02. The van der Waals surface area contributed by atoms with Gasteiger partial charge in [-0.3, -0.25) is 4.90 Å². The molecule has 2 aromatic carbocycles. The molecule has 1 aliphatic carbocycles. The first-order valence-electron chi connectivity index (χ1n) is 13.5. The number of ether oxygens (including phenoxy) is 1. The van der Waals surface area contributed by atoms with E-state index in [2.05, 4.69) is 31.7 Å². The van der Waals surface area contributed by atoms with Crippen LogP contribution in [0.15, 0.2) is 59.3 Å². The van der Waals surface area contributed by atoms with Gasteiger partial charge in [-0.25, -0.2) is 19.6 Å². The molecular weight excluding hydrogens is 478 g/mol. The van der Waals surface area contributed by atoms with Gasteiger partial charge in [0.2, 0.25) is 0 Å². The Labute approximate surface area is 220 Å². The predicted octanol–water partition coefficient (Wildman–Crippen LogP) is 4.62. The lowest BCUT2D eigenvalue weighted by molar-refractivity contribution is 0.00520. The largest absolute Gasteiger partial charge is 0.440 e. The second-order valence-electron chi connectivity index (χ2n) is 10.3. The second-order valence-corrected chi connectivity index (χ2v) is 10.3. The lowest BCUT2D eigenvalue weighted by atomic mass is 9.90. The molecule has 7 rings (SSSR count).